The lowest BCUT2D eigenvalue weighted by molar-refractivity contribution is 0.499. The van der Waals surface area contributed by atoms with Crippen LogP contribution in [0.2, 0.25) is 0 Å². The van der Waals surface area contributed by atoms with Crippen molar-refractivity contribution in [2.75, 3.05) is 17.8 Å². The molecule has 1 fully saturated rings. The van der Waals surface area contributed by atoms with Crippen molar-refractivity contribution in [3.8, 4) is 0 Å². The molecular formula is C14H22N2O2S. The molecule has 2 rings (SSSR count). The standard InChI is InChI=1S/C14H22N2O2S/c1-11(2)12-3-5-13(6-4-12)16-19(17,18)14-7-9-15-10-8-14/h3-6,11,14-16H,7-10H2,1-2H3. The van der Waals surface area contributed by atoms with Crippen molar-refractivity contribution in [3.05, 3.63) is 29.8 Å². The van der Waals surface area contributed by atoms with E-state index >= 15 is 0 Å². The molecule has 5 heteroatoms. The molecule has 1 aromatic carbocycles. The summed E-state index contributed by atoms with van der Waals surface area (Å²) in [7, 11) is -3.26. The van der Waals surface area contributed by atoms with E-state index < -0.39 is 10.0 Å². The summed E-state index contributed by atoms with van der Waals surface area (Å²) in [5, 5.41) is 2.90. The maximum absolute atomic E-state index is 12.2. The molecule has 0 atom stereocenters. The third-order valence-corrected chi connectivity index (χ3v) is 5.43. The number of hydrogen-bond acceptors (Lipinski definition) is 3. The topological polar surface area (TPSA) is 58.2 Å². The molecule has 106 valence electrons. The van der Waals surface area contributed by atoms with Gasteiger partial charge in [0.05, 0.1) is 5.25 Å². The predicted molar refractivity (Wildman–Crippen MR) is 79.0 cm³/mol. The number of hydrogen-bond donors (Lipinski definition) is 2. The molecule has 2 N–H and O–H groups in total. The van der Waals surface area contributed by atoms with Crippen LogP contribution in [0.15, 0.2) is 24.3 Å². The Bertz CT molecular complexity index is 503. The first-order chi connectivity index (χ1) is 8.99. The lowest BCUT2D eigenvalue weighted by atomic mass is 10.0. The van der Waals surface area contributed by atoms with E-state index in [4.69, 9.17) is 0 Å². The zero-order chi connectivity index (χ0) is 13.9. The minimum absolute atomic E-state index is 0.279. The Kier molecular flexibility index (Phi) is 4.47. The van der Waals surface area contributed by atoms with Crippen molar-refractivity contribution in [2.24, 2.45) is 0 Å². The second-order valence-corrected chi connectivity index (χ2v) is 7.33. The number of benzene rings is 1. The Labute approximate surface area is 115 Å². The van der Waals surface area contributed by atoms with Crippen LogP contribution < -0.4 is 10.0 Å². The minimum Gasteiger partial charge on any atom is -0.317 e. The molecule has 1 aliphatic heterocycles. The lowest BCUT2D eigenvalue weighted by Gasteiger charge is -2.23. The molecule has 1 aliphatic rings. The number of sulfonamides is 1. The zero-order valence-electron chi connectivity index (χ0n) is 11.5. The molecule has 0 unspecified atom stereocenters. The van der Waals surface area contributed by atoms with Gasteiger partial charge >= 0.3 is 0 Å². The summed E-state index contributed by atoms with van der Waals surface area (Å²) >= 11 is 0. The summed E-state index contributed by atoms with van der Waals surface area (Å²) in [5.74, 6) is 0.454. The van der Waals surface area contributed by atoms with Gasteiger partial charge in [-0.05, 0) is 49.5 Å². The van der Waals surface area contributed by atoms with Crippen LogP contribution >= 0.6 is 0 Å². The quantitative estimate of drug-likeness (QED) is 0.891. The van der Waals surface area contributed by atoms with Crippen molar-refractivity contribution in [3.63, 3.8) is 0 Å². The number of nitrogens with one attached hydrogen (secondary N) is 2. The lowest BCUT2D eigenvalue weighted by Crippen LogP contribution is -2.38. The van der Waals surface area contributed by atoms with Gasteiger partial charge in [0, 0.05) is 5.69 Å². The summed E-state index contributed by atoms with van der Waals surface area (Å²) in [6, 6.07) is 7.64. The van der Waals surface area contributed by atoms with Crippen LogP contribution in [0.3, 0.4) is 0 Å². The smallest absolute Gasteiger partial charge is 0.235 e. The Morgan fingerprint density at radius 3 is 2.26 bits per heavy atom. The largest absolute Gasteiger partial charge is 0.317 e. The highest BCUT2D eigenvalue weighted by molar-refractivity contribution is 7.93. The fraction of sp³-hybridized carbons (Fsp3) is 0.571. The normalized spacial score (nSPS) is 17.6. The SMILES string of the molecule is CC(C)c1ccc(NS(=O)(=O)C2CCNCC2)cc1. The highest BCUT2D eigenvalue weighted by Crippen LogP contribution is 2.20. The van der Waals surface area contributed by atoms with Crippen molar-refractivity contribution in [2.45, 2.75) is 37.9 Å². The molecule has 0 spiro atoms. The van der Waals surface area contributed by atoms with E-state index in [0.29, 0.717) is 24.4 Å². The van der Waals surface area contributed by atoms with Crippen molar-refractivity contribution in [1.82, 2.24) is 5.32 Å². The molecule has 0 radical (unpaired) electrons. The molecule has 0 saturated carbocycles. The molecule has 0 aliphatic carbocycles. The van der Waals surface area contributed by atoms with E-state index in [2.05, 4.69) is 23.9 Å². The first-order valence-electron chi connectivity index (χ1n) is 6.81. The van der Waals surface area contributed by atoms with Crippen LogP contribution in [0, 0.1) is 0 Å². The third-order valence-electron chi connectivity index (χ3n) is 3.56. The maximum atomic E-state index is 12.2. The number of anilines is 1. The Balaban J connectivity index is 2.06. The second kappa shape index (κ2) is 5.92. The highest BCUT2D eigenvalue weighted by Gasteiger charge is 2.26. The average molecular weight is 282 g/mol. The summed E-state index contributed by atoms with van der Waals surface area (Å²) in [6.07, 6.45) is 1.36. The molecule has 1 heterocycles. The molecule has 0 bridgehead atoms. The highest BCUT2D eigenvalue weighted by atomic mass is 32.2. The summed E-state index contributed by atoms with van der Waals surface area (Å²) < 4.78 is 27.2. The fourth-order valence-corrected chi connectivity index (χ4v) is 3.78. The Morgan fingerprint density at radius 1 is 1.16 bits per heavy atom. The van der Waals surface area contributed by atoms with E-state index in [0.717, 1.165) is 13.1 Å². The van der Waals surface area contributed by atoms with E-state index in [1.54, 1.807) is 0 Å². The predicted octanol–water partition coefficient (Wildman–Crippen LogP) is 2.30. The number of rotatable bonds is 4. The van der Waals surface area contributed by atoms with E-state index in [9.17, 15) is 8.42 Å². The molecule has 4 nitrogen and oxygen atoms in total. The monoisotopic (exact) mass is 282 g/mol. The van der Waals surface area contributed by atoms with Crippen molar-refractivity contribution < 1.29 is 8.42 Å². The van der Waals surface area contributed by atoms with Crippen LogP contribution in [-0.2, 0) is 10.0 Å². The van der Waals surface area contributed by atoms with Gasteiger partial charge in [0.15, 0.2) is 0 Å². The summed E-state index contributed by atoms with van der Waals surface area (Å²) in [5.41, 5.74) is 1.87. The Morgan fingerprint density at radius 2 is 1.74 bits per heavy atom. The molecule has 0 aromatic heterocycles. The van der Waals surface area contributed by atoms with Gasteiger partial charge in [-0.25, -0.2) is 8.42 Å². The maximum Gasteiger partial charge on any atom is 0.235 e. The molecule has 1 saturated heterocycles. The molecule has 0 amide bonds. The zero-order valence-corrected chi connectivity index (χ0v) is 12.3. The molecular weight excluding hydrogens is 260 g/mol. The first kappa shape index (κ1) is 14.3. The van der Waals surface area contributed by atoms with Crippen molar-refractivity contribution in [1.29, 1.82) is 0 Å². The number of piperidine rings is 1. The molecule has 1 aromatic rings. The van der Waals surface area contributed by atoms with Gasteiger partial charge in [-0.15, -0.1) is 0 Å². The van der Waals surface area contributed by atoms with Gasteiger partial charge in [0.1, 0.15) is 0 Å². The van der Waals surface area contributed by atoms with E-state index in [-0.39, 0.29) is 5.25 Å². The van der Waals surface area contributed by atoms with Gasteiger partial charge in [0.25, 0.3) is 0 Å². The van der Waals surface area contributed by atoms with Crippen molar-refractivity contribution >= 4 is 15.7 Å². The van der Waals surface area contributed by atoms with Crippen LogP contribution in [-0.4, -0.2) is 26.8 Å². The van der Waals surface area contributed by atoms with Gasteiger partial charge in [0.2, 0.25) is 10.0 Å². The van der Waals surface area contributed by atoms with Crippen LogP contribution in [0.5, 0.6) is 0 Å². The van der Waals surface area contributed by atoms with Crippen LogP contribution in [0.25, 0.3) is 0 Å². The van der Waals surface area contributed by atoms with Gasteiger partial charge in [-0.3, -0.25) is 4.72 Å². The van der Waals surface area contributed by atoms with E-state index in [1.807, 2.05) is 24.3 Å². The first-order valence-corrected chi connectivity index (χ1v) is 8.36. The fourth-order valence-electron chi connectivity index (χ4n) is 2.29. The Hall–Kier alpha value is -1.07. The van der Waals surface area contributed by atoms with Gasteiger partial charge in [-0.2, -0.15) is 0 Å². The van der Waals surface area contributed by atoms with E-state index in [1.165, 1.54) is 5.56 Å². The second-order valence-electron chi connectivity index (χ2n) is 5.37. The van der Waals surface area contributed by atoms with Gasteiger partial charge in [-0.1, -0.05) is 26.0 Å². The van der Waals surface area contributed by atoms with Crippen LogP contribution in [0.1, 0.15) is 38.2 Å². The third kappa shape index (κ3) is 3.70. The molecule has 19 heavy (non-hydrogen) atoms. The average Bonchev–Trinajstić information content (AvgIpc) is 2.40. The van der Waals surface area contributed by atoms with Gasteiger partial charge < -0.3 is 5.32 Å². The summed E-state index contributed by atoms with van der Waals surface area (Å²) in [4.78, 5) is 0. The minimum atomic E-state index is -3.26. The summed E-state index contributed by atoms with van der Waals surface area (Å²) in [6.45, 7) is 5.79. The van der Waals surface area contributed by atoms with Crippen LogP contribution in [0.4, 0.5) is 5.69 Å².